The summed E-state index contributed by atoms with van der Waals surface area (Å²) in [4.78, 5) is 12.1. The van der Waals surface area contributed by atoms with E-state index in [4.69, 9.17) is 5.11 Å². The number of amides is 1. The lowest BCUT2D eigenvalue weighted by Crippen LogP contribution is -2.56. The number of carbonyl (C=O) groups is 1. The van der Waals surface area contributed by atoms with Gasteiger partial charge in [-0.3, -0.25) is 4.79 Å². The van der Waals surface area contributed by atoms with Crippen LogP contribution in [0, 0.1) is 17.8 Å². The molecule has 1 saturated carbocycles. The maximum absolute atomic E-state index is 12.1. The number of nitrogens with one attached hydrogen (secondary N) is 1. The van der Waals surface area contributed by atoms with E-state index >= 15 is 0 Å². The van der Waals surface area contributed by atoms with Crippen molar-refractivity contribution in [2.75, 3.05) is 13.2 Å². The van der Waals surface area contributed by atoms with Crippen molar-refractivity contribution in [3.63, 3.8) is 0 Å². The molecule has 1 fully saturated rings. The van der Waals surface area contributed by atoms with Crippen molar-refractivity contribution < 1.29 is 15.0 Å². The minimum absolute atomic E-state index is 0.0115. The monoisotopic (exact) mass is 243 g/mol. The Hall–Kier alpha value is -0.610. The Kier molecular flexibility index (Phi) is 4.95. The van der Waals surface area contributed by atoms with Gasteiger partial charge in [-0.1, -0.05) is 27.2 Å². The fourth-order valence-electron chi connectivity index (χ4n) is 2.96. The van der Waals surface area contributed by atoms with Gasteiger partial charge in [0, 0.05) is 6.54 Å². The first kappa shape index (κ1) is 14.5. The summed E-state index contributed by atoms with van der Waals surface area (Å²) >= 11 is 0. The molecule has 17 heavy (non-hydrogen) atoms. The van der Waals surface area contributed by atoms with Crippen LogP contribution in [0.25, 0.3) is 0 Å². The van der Waals surface area contributed by atoms with Crippen LogP contribution in [0.3, 0.4) is 0 Å². The van der Waals surface area contributed by atoms with Crippen molar-refractivity contribution in [1.82, 2.24) is 5.32 Å². The van der Waals surface area contributed by atoms with Crippen molar-refractivity contribution in [2.45, 2.75) is 45.6 Å². The Morgan fingerprint density at radius 2 is 2.12 bits per heavy atom. The fourth-order valence-corrected chi connectivity index (χ4v) is 2.96. The number of aliphatic hydroxyl groups is 2. The first-order valence-electron chi connectivity index (χ1n) is 6.53. The van der Waals surface area contributed by atoms with Gasteiger partial charge in [-0.15, -0.1) is 0 Å². The lowest BCUT2D eigenvalue weighted by atomic mass is 9.66. The summed E-state index contributed by atoms with van der Waals surface area (Å²) in [6.07, 6.45) is 2.48. The van der Waals surface area contributed by atoms with Crippen LogP contribution in [0.4, 0.5) is 0 Å². The molecule has 3 N–H and O–H groups in total. The molecule has 0 bridgehead atoms. The summed E-state index contributed by atoms with van der Waals surface area (Å²) in [5.41, 5.74) is -1.26. The summed E-state index contributed by atoms with van der Waals surface area (Å²) in [7, 11) is 0. The summed E-state index contributed by atoms with van der Waals surface area (Å²) < 4.78 is 0. The highest BCUT2D eigenvalue weighted by Crippen LogP contribution is 2.41. The third-order valence-electron chi connectivity index (χ3n) is 3.84. The SMILES string of the molecule is CC1CCC(C(C)C)C(O)(C(=O)NCCO)C1. The molecule has 0 spiro atoms. The second-order valence-corrected chi connectivity index (χ2v) is 5.64. The third kappa shape index (κ3) is 3.19. The number of carbonyl (C=O) groups excluding carboxylic acids is 1. The number of rotatable bonds is 4. The van der Waals surface area contributed by atoms with Crippen LogP contribution in [-0.2, 0) is 4.79 Å². The summed E-state index contributed by atoms with van der Waals surface area (Å²) in [6, 6.07) is 0. The zero-order valence-electron chi connectivity index (χ0n) is 11.1. The maximum atomic E-state index is 12.1. The summed E-state index contributed by atoms with van der Waals surface area (Å²) in [5, 5.41) is 22.0. The van der Waals surface area contributed by atoms with E-state index in [0.717, 1.165) is 12.8 Å². The molecule has 0 aromatic rings. The topological polar surface area (TPSA) is 69.6 Å². The Morgan fingerprint density at radius 1 is 1.47 bits per heavy atom. The molecule has 1 amide bonds. The Labute approximate surface area is 103 Å². The lowest BCUT2D eigenvalue weighted by Gasteiger charge is -2.43. The molecule has 3 unspecified atom stereocenters. The molecule has 0 aliphatic heterocycles. The molecule has 1 aliphatic rings. The molecule has 3 atom stereocenters. The molecule has 100 valence electrons. The quantitative estimate of drug-likeness (QED) is 0.687. The lowest BCUT2D eigenvalue weighted by molar-refractivity contribution is -0.155. The highest BCUT2D eigenvalue weighted by Gasteiger charge is 2.48. The number of hydrogen-bond acceptors (Lipinski definition) is 3. The molecule has 0 heterocycles. The van der Waals surface area contributed by atoms with Crippen LogP contribution in [0.15, 0.2) is 0 Å². The Morgan fingerprint density at radius 3 is 2.65 bits per heavy atom. The first-order chi connectivity index (χ1) is 7.91. The second kappa shape index (κ2) is 5.83. The summed E-state index contributed by atoms with van der Waals surface area (Å²) in [5.74, 6) is 0.344. The average molecular weight is 243 g/mol. The molecular formula is C13H25NO3. The molecule has 4 nitrogen and oxygen atoms in total. The van der Waals surface area contributed by atoms with Gasteiger partial charge in [-0.25, -0.2) is 0 Å². The largest absolute Gasteiger partial charge is 0.395 e. The van der Waals surface area contributed by atoms with Crippen LogP contribution in [0.1, 0.15) is 40.0 Å². The van der Waals surface area contributed by atoms with E-state index in [-0.39, 0.29) is 30.9 Å². The van der Waals surface area contributed by atoms with Gasteiger partial charge in [0.1, 0.15) is 5.60 Å². The van der Waals surface area contributed by atoms with E-state index in [2.05, 4.69) is 12.2 Å². The van der Waals surface area contributed by atoms with E-state index in [1.165, 1.54) is 0 Å². The number of hydrogen-bond donors (Lipinski definition) is 3. The van der Waals surface area contributed by atoms with Gasteiger partial charge in [-0.2, -0.15) is 0 Å². The molecule has 1 rings (SSSR count). The first-order valence-corrected chi connectivity index (χ1v) is 6.53. The number of aliphatic hydroxyl groups excluding tert-OH is 1. The minimum atomic E-state index is -1.26. The van der Waals surface area contributed by atoms with Gasteiger partial charge in [0.15, 0.2) is 0 Å². The molecule has 0 aromatic heterocycles. The van der Waals surface area contributed by atoms with Crippen molar-refractivity contribution in [1.29, 1.82) is 0 Å². The van der Waals surface area contributed by atoms with Crippen molar-refractivity contribution in [3.8, 4) is 0 Å². The predicted octanol–water partition coefficient (Wildman–Crippen LogP) is 0.918. The molecule has 0 saturated heterocycles. The maximum Gasteiger partial charge on any atom is 0.252 e. The predicted molar refractivity (Wildman–Crippen MR) is 66.4 cm³/mol. The molecule has 1 aliphatic carbocycles. The molecule has 4 heteroatoms. The van der Waals surface area contributed by atoms with Crippen molar-refractivity contribution in [3.05, 3.63) is 0 Å². The second-order valence-electron chi connectivity index (χ2n) is 5.64. The van der Waals surface area contributed by atoms with E-state index < -0.39 is 5.60 Å². The van der Waals surface area contributed by atoms with E-state index in [9.17, 15) is 9.90 Å². The molecular weight excluding hydrogens is 218 g/mol. The van der Waals surface area contributed by atoms with E-state index in [0.29, 0.717) is 12.3 Å². The van der Waals surface area contributed by atoms with Gasteiger partial charge in [-0.05, 0) is 30.6 Å². The zero-order chi connectivity index (χ0) is 13.1. The summed E-state index contributed by atoms with van der Waals surface area (Å²) in [6.45, 7) is 6.28. The molecule has 0 aromatic carbocycles. The van der Waals surface area contributed by atoms with Crippen molar-refractivity contribution in [2.24, 2.45) is 17.8 Å². The van der Waals surface area contributed by atoms with Crippen LogP contribution >= 0.6 is 0 Å². The van der Waals surface area contributed by atoms with Gasteiger partial charge in [0.05, 0.1) is 6.61 Å². The Bertz CT molecular complexity index is 267. The van der Waals surface area contributed by atoms with Crippen LogP contribution in [0.2, 0.25) is 0 Å². The van der Waals surface area contributed by atoms with Crippen LogP contribution in [0.5, 0.6) is 0 Å². The van der Waals surface area contributed by atoms with Crippen LogP contribution in [-0.4, -0.2) is 34.9 Å². The standard InChI is InChI=1S/C13H25NO3/c1-9(2)11-5-4-10(3)8-13(11,17)12(16)14-6-7-15/h9-11,15,17H,4-8H2,1-3H3,(H,14,16). The van der Waals surface area contributed by atoms with Gasteiger partial charge in [0.25, 0.3) is 5.91 Å². The molecule has 0 radical (unpaired) electrons. The third-order valence-corrected chi connectivity index (χ3v) is 3.84. The van der Waals surface area contributed by atoms with E-state index in [1.807, 2.05) is 13.8 Å². The fraction of sp³-hybridized carbons (Fsp3) is 0.923. The zero-order valence-corrected chi connectivity index (χ0v) is 11.1. The highest BCUT2D eigenvalue weighted by molar-refractivity contribution is 5.85. The average Bonchev–Trinajstić information content (AvgIpc) is 2.25. The van der Waals surface area contributed by atoms with Crippen LogP contribution < -0.4 is 5.32 Å². The van der Waals surface area contributed by atoms with Gasteiger partial charge >= 0.3 is 0 Å². The smallest absolute Gasteiger partial charge is 0.252 e. The van der Waals surface area contributed by atoms with Gasteiger partial charge in [0.2, 0.25) is 0 Å². The van der Waals surface area contributed by atoms with E-state index in [1.54, 1.807) is 0 Å². The van der Waals surface area contributed by atoms with Crippen molar-refractivity contribution >= 4 is 5.91 Å². The minimum Gasteiger partial charge on any atom is -0.395 e. The Balaban J connectivity index is 2.81. The van der Waals surface area contributed by atoms with Gasteiger partial charge < -0.3 is 15.5 Å². The highest BCUT2D eigenvalue weighted by atomic mass is 16.3. The normalized spacial score (nSPS) is 33.8.